The molecule has 0 saturated heterocycles. The van der Waals surface area contributed by atoms with Gasteiger partial charge in [-0.3, -0.25) is 4.79 Å². The zero-order chi connectivity index (χ0) is 18.8. The van der Waals surface area contributed by atoms with Gasteiger partial charge < -0.3 is 15.1 Å². The molecule has 2 aliphatic heterocycles. The van der Waals surface area contributed by atoms with E-state index in [4.69, 9.17) is 0 Å². The van der Waals surface area contributed by atoms with Crippen molar-refractivity contribution in [3.05, 3.63) is 64.7 Å². The summed E-state index contributed by atoms with van der Waals surface area (Å²) in [5, 5.41) is 3.04. The van der Waals surface area contributed by atoms with E-state index < -0.39 is 0 Å². The molecule has 0 unspecified atom stereocenters. The smallest absolute Gasteiger partial charge is 0.317 e. The summed E-state index contributed by atoms with van der Waals surface area (Å²) in [5.41, 5.74) is 5.80. The number of rotatable bonds is 2. The molecule has 1 N–H and O–H groups in total. The number of fused-ring (bicyclic) bond motifs is 2. The highest BCUT2D eigenvalue weighted by atomic mass is 16.2. The summed E-state index contributed by atoms with van der Waals surface area (Å²) >= 11 is 0. The van der Waals surface area contributed by atoms with Gasteiger partial charge in [0.15, 0.2) is 0 Å². The van der Waals surface area contributed by atoms with Gasteiger partial charge in [-0.2, -0.15) is 0 Å². The molecule has 2 aliphatic rings. The second kappa shape index (κ2) is 7.43. The summed E-state index contributed by atoms with van der Waals surface area (Å²) in [4.78, 5) is 28.1. The van der Waals surface area contributed by atoms with Crippen molar-refractivity contribution in [2.24, 2.45) is 0 Å². The van der Waals surface area contributed by atoms with Crippen LogP contribution in [0.5, 0.6) is 0 Å². The van der Waals surface area contributed by atoms with Crippen LogP contribution in [0.2, 0.25) is 0 Å². The second-order valence-corrected chi connectivity index (χ2v) is 7.36. The van der Waals surface area contributed by atoms with Crippen molar-refractivity contribution < 1.29 is 9.59 Å². The van der Waals surface area contributed by atoms with Crippen LogP contribution in [-0.4, -0.2) is 37.0 Å². The Bertz CT molecular complexity index is 878. The van der Waals surface area contributed by atoms with Crippen LogP contribution in [0, 0.1) is 0 Å². The Morgan fingerprint density at radius 1 is 1.04 bits per heavy atom. The third-order valence-electron chi connectivity index (χ3n) is 5.60. The number of nitrogens with zero attached hydrogens (tertiary/aromatic N) is 2. The number of amides is 3. The lowest BCUT2D eigenvalue weighted by Crippen LogP contribution is -2.42. The predicted molar refractivity (Wildman–Crippen MR) is 106 cm³/mol. The zero-order valence-corrected chi connectivity index (χ0v) is 15.7. The molecule has 0 radical (unpaired) electrons. The van der Waals surface area contributed by atoms with E-state index in [9.17, 15) is 9.59 Å². The van der Waals surface area contributed by atoms with E-state index in [1.165, 1.54) is 11.1 Å². The molecule has 0 aliphatic carbocycles. The molecule has 140 valence electrons. The molecule has 0 saturated carbocycles. The lowest BCUT2D eigenvalue weighted by Gasteiger charge is -2.26. The monoisotopic (exact) mass is 363 g/mol. The highest BCUT2D eigenvalue weighted by Gasteiger charge is 2.24. The largest absolute Gasteiger partial charge is 0.334 e. The molecule has 2 heterocycles. The van der Waals surface area contributed by atoms with Crippen LogP contribution in [0.1, 0.15) is 28.7 Å². The van der Waals surface area contributed by atoms with Gasteiger partial charge in [-0.15, -0.1) is 0 Å². The van der Waals surface area contributed by atoms with E-state index in [0.717, 1.165) is 49.2 Å². The molecular formula is C22H25N3O2. The third-order valence-corrected chi connectivity index (χ3v) is 5.60. The average molecular weight is 363 g/mol. The maximum Gasteiger partial charge on any atom is 0.317 e. The van der Waals surface area contributed by atoms with Gasteiger partial charge in [0.1, 0.15) is 0 Å². The minimum absolute atomic E-state index is 0.0110. The summed E-state index contributed by atoms with van der Waals surface area (Å²) in [6.07, 6.45) is 3.35. The Balaban J connectivity index is 1.36. The first-order valence-corrected chi connectivity index (χ1v) is 9.60. The number of anilines is 1. The first-order valence-electron chi connectivity index (χ1n) is 9.60. The molecule has 2 aromatic rings. The minimum Gasteiger partial charge on any atom is -0.334 e. The summed E-state index contributed by atoms with van der Waals surface area (Å²) in [6.45, 7) is 2.01. The Kier molecular flexibility index (Phi) is 4.84. The molecule has 27 heavy (non-hydrogen) atoms. The lowest BCUT2D eigenvalue weighted by atomic mass is 9.98. The Morgan fingerprint density at radius 3 is 2.63 bits per heavy atom. The summed E-state index contributed by atoms with van der Waals surface area (Å²) in [5.74, 6) is 0.118. The van der Waals surface area contributed by atoms with Gasteiger partial charge in [-0.05, 0) is 47.6 Å². The predicted octanol–water partition coefficient (Wildman–Crippen LogP) is 2.91. The van der Waals surface area contributed by atoms with E-state index >= 15 is 0 Å². The standard InChI is InChI=1S/C22H25N3O2/c1-24-20-9-8-16(13-19(20)14-21(24)26)15-23-22(27)25-11-4-7-17-5-2-3-6-18(17)10-12-25/h2-3,5-6,8-9,13H,4,7,10-12,14-15H2,1H3,(H,23,27). The summed E-state index contributed by atoms with van der Waals surface area (Å²) in [6, 6.07) is 14.5. The fraction of sp³-hybridized carbons (Fsp3) is 0.364. The van der Waals surface area contributed by atoms with E-state index in [2.05, 4.69) is 29.6 Å². The van der Waals surface area contributed by atoms with E-state index in [0.29, 0.717) is 13.0 Å². The zero-order valence-electron chi connectivity index (χ0n) is 15.7. The maximum absolute atomic E-state index is 12.6. The number of likely N-dealkylation sites (N-methyl/N-ethyl adjacent to an activating group) is 1. The molecule has 3 amide bonds. The molecule has 2 aromatic carbocycles. The van der Waals surface area contributed by atoms with Crippen molar-refractivity contribution in [1.82, 2.24) is 10.2 Å². The van der Waals surface area contributed by atoms with Crippen molar-refractivity contribution in [2.75, 3.05) is 25.0 Å². The second-order valence-electron chi connectivity index (χ2n) is 7.36. The Labute approximate surface area is 160 Å². The molecule has 0 atom stereocenters. The van der Waals surface area contributed by atoms with Gasteiger partial charge in [-0.1, -0.05) is 36.4 Å². The molecule has 5 heteroatoms. The highest BCUT2D eigenvalue weighted by Crippen LogP contribution is 2.28. The van der Waals surface area contributed by atoms with Gasteiger partial charge in [0, 0.05) is 32.4 Å². The molecule has 0 fully saturated rings. The van der Waals surface area contributed by atoms with Crippen molar-refractivity contribution in [3.8, 4) is 0 Å². The third kappa shape index (κ3) is 3.68. The van der Waals surface area contributed by atoms with Gasteiger partial charge in [0.25, 0.3) is 0 Å². The number of carbonyl (C=O) groups excluding carboxylic acids is 2. The fourth-order valence-electron chi connectivity index (χ4n) is 4.00. The van der Waals surface area contributed by atoms with Crippen LogP contribution in [0.4, 0.5) is 10.5 Å². The van der Waals surface area contributed by atoms with Crippen LogP contribution in [0.15, 0.2) is 42.5 Å². The minimum atomic E-state index is -0.0110. The topological polar surface area (TPSA) is 52.7 Å². The van der Waals surface area contributed by atoms with Gasteiger partial charge in [0.2, 0.25) is 5.91 Å². The molecule has 5 nitrogen and oxygen atoms in total. The van der Waals surface area contributed by atoms with Crippen LogP contribution < -0.4 is 10.2 Å². The lowest BCUT2D eigenvalue weighted by molar-refractivity contribution is -0.117. The first kappa shape index (κ1) is 17.6. The number of nitrogens with one attached hydrogen (secondary N) is 1. The van der Waals surface area contributed by atoms with Crippen LogP contribution >= 0.6 is 0 Å². The van der Waals surface area contributed by atoms with Crippen LogP contribution in [0.3, 0.4) is 0 Å². The van der Waals surface area contributed by atoms with Crippen molar-refractivity contribution in [2.45, 2.75) is 32.2 Å². The highest BCUT2D eigenvalue weighted by molar-refractivity contribution is 6.00. The maximum atomic E-state index is 12.6. The summed E-state index contributed by atoms with van der Waals surface area (Å²) in [7, 11) is 1.80. The van der Waals surface area contributed by atoms with Crippen molar-refractivity contribution in [1.29, 1.82) is 0 Å². The van der Waals surface area contributed by atoms with Crippen molar-refractivity contribution in [3.63, 3.8) is 0 Å². The van der Waals surface area contributed by atoms with E-state index in [1.54, 1.807) is 11.9 Å². The molecule has 0 aromatic heterocycles. The van der Waals surface area contributed by atoms with Crippen molar-refractivity contribution >= 4 is 17.6 Å². The summed E-state index contributed by atoms with van der Waals surface area (Å²) < 4.78 is 0. The van der Waals surface area contributed by atoms with Gasteiger partial charge >= 0.3 is 6.03 Å². The number of urea groups is 1. The normalized spacial score (nSPS) is 16.4. The Hall–Kier alpha value is -2.82. The fourth-order valence-corrected chi connectivity index (χ4v) is 4.00. The van der Waals surface area contributed by atoms with Crippen LogP contribution in [0.25, 0.3) is 0 Å². The van der Waals surface area contributed by atoms with Gasteiger partial charge in [-0.25, -0.2) is 4.79 Å². The molecule has 0 spiro atoms. The Morgan fingerprint density at radius 2 is 1.81 bits per heavy atom. The van der Waals surface area contributed by atoms with E-state index in [-0.39, 0.29) is 11.9 Å². The SMILES string of the molecule is CN1C(=O)Cc2cc(CNC(=O)N3CCCc4ccccc4CC3)ccc21. The first-order chi connectivity index (χ1) is 13.1. The number of benzene rings is 2. The average Bonchev–Trinajstić information content (AvgIpc) is 2.94. The number of hydrogen-bond acceptors (Lipinski definition) is 2. The molecular weight excluding hydrogens is 338 g/mol. The number of hydrogen-bond donors (Lipinski definition) is 1. The van der Waals surface area contributed by atoms with Gasteiger partial charge in [0.05, 0.1) is 6.42 Å². The number of aryl methyl sites for hydroxylation is 1. The van der Waals surface area contributed by atoms with E-state index in [1.807, 2.05) is 23.1 Å². The quantitative estimate of drug-likeness (QED) is 0.892. The number of carbonyl (C=O) groups is 2. The van der Waals surface area contributed by atoms with Crippen LogP contribution in [-0.2, 0) is 30.6 Å². The molecule has 4 rings (SSSR count). The molecule has 0 bridgehead atoms.